The van der Waals surface area contributed by atoms with Crippen molar-refractivity contribution in [1.29, 1.82) is 0 Å². The number of likely N-dealkylation sites (tertiary alicyclic amines) is 1. The van der Waals surface area contributed by atoms with Crippen LogP contribution in [-0.4, -0.2) is 36.7 Å². The van der Waals surface area contributed by atoms with Crippen LogP contribution in [-0.2, 0) is 6.54 Å². The van der Waals surface area contributed by atoms with Crippen LogP contribution in [0.3, 0.4) is 0 Å². The number of fused-ring (bicyclic) bond motifs is 1. The first kappa shape index (κ1) is 14.5. The summed E-state index contributed by atoms with van der Waals surface area (Å²) in [6.07, 6.45) is 2.14. The van der Waals surface area contributed by atoms with Crippen LogP contribution in [0, 0.1) is 5.92 Å². The molecule has 2 amide bonds. The number of amides is 2. The van der Waals surface area contributed by atoms with Crippen molar-refractivity contribution in [3.8, 4) is 5.75 Å². The fourth-order valence-electron chi connectivity index (χ4n) is 3.25. The molecule has 1 saturated heterocycles. The van der Waals surface area contributed by atoms with Gasteiger partial charge >= 0.3 is 6.03 Å². The first-order valence-corrected chi connectivity index (χ1v) is 7.54. The van der Waals surface area contributed by atoms with E-state index in [1.165, 1.54) is 0 Å². The summed E-state index contributed by atoms with van der Waals surface area (Å²) in [6.45, 7) is 1.80. The van der Waals surface area contributed by atoms with E-state index in [-0.39, 0.29) is 11.6 Å². The van der Waals surface area contributed by atoms with Gasteiger partial charge in [-0.2, -0.15) is 0 Å². The predicted octanol–water partition coefficient (Wildman–Crippen LogP) is 1.98. The molecule has 3 rings (SSSR count). The number of carbonyl (C=O) groups excluding carboxylic acids is 1. The first-order chi connectivity index (χ1) is 10.0. The van der Waals surface area contributed by atoms with Crippen molar-refractivity contribution in [3.63, 3.8) is 0 Å². The van der Waals surface area contributed by atoms with Gasteiger partial charge in [-0.15, -0.1) is 0 Å². The molecule has 1 aliphatic heterocycles. The smallest absolute Gasteiger partial charge is 0.317 e. The zero-order valence-corrected chi connectivity index (χ0v) is 12.8. The molecule has 0 unspecified atom stereocenters. The Morgan fingerprint density at radius 3 is 3.00 bits per heavy atom. The number of nitrogens with one attached hydrogen (secondary N) is 1. The average molecular weight is 310 g/mol. The lowest BCUT2D eigenvalue weighted by Crippen LogP contribution is -2.55. The van der Waals surface area contributed by atoms with Crippen molar-refractivity contribution in [1.82, 2.24) is 10.2 Å². The molecular formula is C15H20ClN3O2. The summed E-state index contributed by atoms with van der Waals surface area (Å²) in [5, 5.41) is 3.47. The molecule has 2 atom stereocenters. The molecule has 2 fully saturated rings. The molecule has 1 aromatic carbocycles. The standard InChI is InChI=1S/C15H20ClN3O2/c1-21-13-10(3-2-4-12(13)16)7-18-14(20)19-8-11-5-6-15(11,17)9-19/h2-4,11H,5-9,17H2,1H3,(H,18,20)/t11-,15-/m0/s1. The van der Waals surface area contributed by atoms with Crippen molar-refractivity contribution < 1.29 is 9.53 Å². The largest absolute Gasteiger partial charge is 0.495 e. The van der Waals surface area contributed by atoms with Gasteiger partial charge in [0.25, 0.3) is 0 Å². The lowest BCUT2D eigenvalue weighted by Gasteiger charge is -2.39. The third-order valence-corrected chi connectivity index (χ3v) is 4.96. The number of nitrogens with zero attached hydrogens (tertiary/aromatic N) is 1. The van der Waals surface area contributed by atoms with Gasteiger partial charge in [-0.25, -0.2) is 4.79 Å². The topological polar surface area (TPSA) is 67.6 Å². The number of rotatable bonds is 3. The number of benzene rings is 1. The van der Waals surface area contributed by atoms with E-state index in [1.54, 1.807) is 13.2 Å². The van der Waals surface area contributed by atoms with Crippen LogP contribution in [0.4, 0.5) is 4.79 Å². The van der Waals surface area contributed by atoms with E-state index in [0.717, 1.165) is 24.9 Å². The number of hydrogen-bond donors (Lipinski definition) is 2. The average Bonchev–Trinajstić information content (AvgIpc) is 2.69. The molecule has 0 spiro atoms. The van der Waals surface area contributed by atoms with Gasteiger partial charge in [0.2, 0.25) is 0 Å². The summed E-state index contributed by atoms with van der Waals surface area (Å²) in [5.41, 5.74) is 6.97. The summed E-state index contributed by atoms with van der Waals surface area (Å²) < 4.78 is 5.28. The zero-order chi connectivity index (χ0) is 15.0. The van der Waals surface area contributed by atoms with Crippen LogP contribution in [0.5, 0.6) is 5.75 Å². The van der Waals surface area contributed by atoms with Gasteiger partial charge in [-0.1, -0.05) is 23.7 Å². The Labute approximate surface area is 129 Å². The molecule has 1 heterocycles. The van der Waals surface area contributed by atoms with Crippen LogP contribution < -0.4 is 15.8 Å². The Morgan fingerprint density at radius 2 is 2.43 bits per heavy atom. The number of halogens is 1. The summed E-state index contributed by atoms with van der Waals surface area (Å²) in [4.78, 5) is 14.1. The summed E-state index contributed by atoms with van der Waals surface area (Å²) in [5.74, 6) is 1.07. The molecule has 1 aromatic rings. The maximum atomic E-state index is 12.2. The van der Waals surface area contributed by atoms with E-state index in [9.17, 15) is 4.79 Å². The van der Waals surface area contributed by atoms with Gasteiger partial charge in [0.15, 0.2) is 0 Å². The minimum absolute atomic E-state index is 0.0729. The highest BCUT2D eigenvalue weighted by Gasteiger charge is 2.51. The van der Waals surface area contributed by atoms with Crippen LogP contribution >= 0.6 is 11.6 Å². The Kier molecular flexibility index (Phi) is 3.71. The predicted molar refractivity (Wildman–Crippen MR) is 81.5 cm³/mol. The number of carbonyl (C=O) groups is 1. The highest BCUT2D eigenvalue weighted by atomic mass is 35.5. The molecule has 2 aliphatic rings. The zero-order valence-electron chi connectivity index (χ0n) is 12.1. The second-order valence-electron chi connectivity index (χ2n) is 5.94. The van der Waals surface area contributed by atoms with Gasteiger partial charge in [-0.3, -0.25) is 0 Å². The number of hydrogen-bond acceptors (Lipinski definition) is 3. The van der Waals surface area contributed by atoms with Gasteiger partial charge in [0.1, 0.15) is 5.75 Å². The molecule has 0 radical (unpaired) electrons. The van der Waals surface area contributed by atoms with E-state index in [4.69, 9.17) is 22.1 Å². The Bertz CT molecular complexity index is 566. The minimum Gasteiger partial charge on any atom is -0.495 e. The Morgan fingerprint density at radius 1 is 1.62 bits per heavy atom. The molecule has 6 heteroatoms. The Balaban J connectivity index is 1.61. The molecule has 114 valence electrons. The SMILES string of the molecule is COc1c(Cl)cccc1CNC(=O)N1C[C@@H]2CC[C@]2(N)C1. The monoisotopic (exact) mass is 309 g/mol. The van der Waals surface area contributed by atoms with Crippen LogP contribution in [0.25, 0.3) is 0 Å². The molecule has 1 saturated carbocycles. The van der Waals surface area contributed by atoms with Crippen molar-refractivity contribution in [3.05, 3.63) is 28.8 Å². The van der Waals surface area contributed by atoms with Crippen LogP contribution in [0.1, 0.15) is 18.4 Å². The molecule has 21 heavy (non-hydrogen) atoms. The van der Waals surface area contributed by atoms with Gasteiger partial charge < -0.3 is 20.7 Å². The van der Waals surface area contributed by atoms with Gasteiger partial charge in [0, 0.05) is 30.7 Å². The van der Waals surface area contributed by atoms with Crippen LogP contribution in [0.15, 0.2) is 18.2 Å². The lowest BCUT2D eigenvalue weighted by atomic mass is 9.70. The molecule has 0 aromatic heterocycles. The highest BCUT2D eigenvalue weighted by molar-refractivity contribution is 6.32. The number of methoxy groups -OCH3 is 1. The van der Waals surface area contributed by atoms with Crippen molar-refractivity contribution in [2.75, 3.05) is 20.2 Å². The van der Waals surface area contributed by atoms with E-state index >= 15 is 0 Å². The molecular weight excluding hydrogens is 290 g/mol. The summed E-state index contributed by atoms with van der Waals surface area (Å²) in [7, 11) is 1.57. The van der Waals surface area contributed by atoms with Crippen molar-refractivity contribution >= 4 is 17.6 Å². The lowest BCUT2D eigenvalue weighted by molar-refractivity contribution is 0.187. The maximum Gasteiger partial charge on any atom is 0.317 e. The molecule has 1 aliphatic carbocycles. The molecule has 3 N–H and O–H groups in total. The normalized spacial score (nSPS) is 27.0. The fourth-order valence-corrected chi connectivity index (χ4v) is 3.52. The van der Waals surface area contributed by atoms with Crippen LogP contribution in [0.2, 0.25) is 5.02 Å². The summed E-state index contributed by atoms with van der Waals surface area (Å²) >= 11 is 6.07. The van der Waals surface area contributed by atoms with Gasteiger partial charge in [-0.05, 0) is 24.8 Å². The number of ether oxygens (including phenoxy) is 1. The first-order valence-electron chi connectivity index (χ1n) is 7.16. The van der Waals surface area contributed by atoms with Crippen molar-refractivity contribution in [2.45, 2.75) is 24.9 Å². The van der Waals surface area contributed by atoms with E-state index < -0.39 is 0 Å². The number of urea groups is 1. The van der Waals surface area contributed by atoms with Gasteiger partial charge in [0.05, 0.1) is 12.1 Å². The Hall–Kier alpha value is -1.46. The van der Waals surface area contributed by atoms with E-state index in [2.05, 4.69) is 5.32 Å². The highest BCUT2D eigenvalue weighted by Crippen LogP contribution is 2.42. The second-order valence-corrected chi connectivity index (χ2v) is 6.35. The third kappa shape index (κ3) is 2.56. The fraction of sp³-hybridized carbons (Fsp3) is 0.533. The summed E-state index contributed by atoms with van der Waals surface area (Å²) in [6, 6.07) is 5.43. The number of nitrogens with two attached hydrogens (primary N) is 1. The quantitative estimate of drug-likeness (QED) is 0.897. The number of para-hydroxylation sites is 1. The minimum atomic E-state index is -0.148. The second kappa shape index (κ2) is 5.39. The molecule has 0 bridgehead atoms. The molecule has 5 nitrogen and oxygen atoms in total. The van der Waals surface area contributed by atoms with E-state index in [0.29, 0.717) is 29.8 Å². The maximum absolute atomic E-state index is 12.2. The van der Waals surface area contributed by atoms with E-state index in [1.807, 2.05) is 17.0 Å². The van der Waals surface area contributed by atoms with Crippen molar-refractivity contribution in [2.24, 2.45) is 11.7 Å². The third-order valence-electron chi connectivity index (χ3n) is 4.67.